The molecule has 0 unspecified atom stereocenters. The number of carbonyl (C=O) groups is 1. The Balaban J connectivity index is 1.43. The van der Waals surface area contributed by atoms with E-state index < -0.39 is 0 Å². The van der Waals surface area contributed by atoms with Gasteiger partial charge in [-0.25, -0.2) is 0 Å². The predicted octanol–water partition coefficient (Wildman–Crippen LogP) is 1.18. The van der Waals surface area contributed by atoms with Crippen LogP contribution in [0.3, 0.4) is 0 Å². The summed E-state index contributed by atoms with van der Waals surface area (Å²) >= 11 is 5.04. The Morgan fingerprint density at radius 3 is 3.00 bits per heavy atom. The summed E-state index contributed by atoms with van der Waals surface area (Å²) in [5.74, 6) is 2.94. The van der Waals surface area contributed by atoms with Crippen molar-refractivity contribution in [2.75, 3.05) is 6.54 Å². The number of H-pyrrole nitrogens is 1. The van der Waals surface area contributed by atoms with E-state index >= 15 is 0 Å². The van der Waals surface area contributed by atoms with Gasteiger partial charge in [0.15, 0.2) is 4.77 Å². The zero-order chi connectivity index (χ0) is 12.7. The maximum Gasteiger partial charge on any atom is 0.223 e. The molecule has 0 bridgehead atoms. The van der Waals surface area contributed by atoms with E-state index in [0.717, 1.165) is 24.6 Å². The second kappa shape index (κ2) is 4.50. The summed E-state index contributed by atoms with van der Waals surface area (Å²) in [5.41, 5.74) is 0. The predicted molar refractivity (Wildman–Crippen MR) is 69.4 cm³/mol. The molecule has 1 amide bonds. The van der Waals surface area contributed by atoms with Crippen molar-refractivity contribution in [2.45, 2.75) is 25.7 Å². The molecule has 1 heterocycles. The van der Waals surface area contributed by atoms with Gasteiger partial charge in [-0.15, -0.1) is 0 Å². The van der Waals surface area contributed by atoms with Crippen molar-refractivity contribution in [1.82, 2.24) is 20.1 Å². The zero-order valence-corrected chi connectivity index (χ0v) is 11.3. The largest absolute Gasteiger partial charge is 0.355 e. The van der Waals surface area contributed by atoms with E-state index in [1.54, 1.807) is 0 Å². The molecule has 0 aliphatic heterocycles. The lowest BCUT2D eigenvalue weighted by Crippen LogP contribution is -2.28. The topological polar surface area (TPSA) is 62.7 Å². The van der Waals surface area contributed by atoms with E-state index in [4.69, 9.17) is 12.2 Å². The smallest absolute Gasteiger partial charge is 0.223 e. The van der Waals surface area contributed by atoms with Gasteiger partial charge < -0.3 is 9.88 Å². The van der Waals surface area contributed by atoms with E-state index in [-0.39, 0.29) is 5.91 Å². The first-order chi connectivity index (χ1) is 8.66. The Morgan fingerprint density at radius 1 is 1.61 bits per heavy atom. The van der Waals surface area contributed by atoms with Gasteiger partial charge in [-0.05, 0) is 43.3 Å². The molecule has 18 heavy (non-hydrogen) atoms. The normalized spacial score (nSPS) is 26.1. The third-order valence-corrected chi connectivity index (χ3v) is 4.39. The summed E-state index contributed by atoms with van der Waals surface area (Å²) in [6.45, 7) is 0.639. The summed E-state index contributed by atoms with van der Waals surface area (Å²) in [6, 6.07) is 0. The average molecular weight is 266 g/mol. The molecule has 0 radical (unpaired) electrons. The molecule has 0 saturated heterocycles. The molecule has 0 spiro atoms. The molecule has 3 rings (SSSR count). The average Bonchev–Trinajstić information content (AvgIpc) is 3.23. The summed E-state index contributed by atoms with van der Waals surface area (Å²) < 4.78 is 2.46. The highest BCUT2D eigenvalue weighted by Gasteiger charge is 2.50. The highest BCUT2D eigenvalue weighted by Crippen LogP contribution is 2.54. The van der Waals surface area contributed by atoms with Gasteiger partial charge in [0, 0.05) is 25.9 Å². The van der Waals surface area contributed by atoms with Crippen LogP contribution in [0.2, 0.25) is 0 Å². The highest BCUT2D eigenvalue weighted by atomic mass is 32.1. The molecule has 2 aliphatic carbocycles. The minimum Gasteiger partial charge on any atom is -0.355 e. The Bertz CT molecular complexity index is 516. The molecule has 98 valence electrons. The van der Waals surface area contributed by atoms with Crippen LogP contribution < -0.4 is 5.32 Å². The van der Waals surface area contributed by atoms with Crippen molar-refractivity contribution < 1.29 is 4.79 Å². The lowest BCUT2D eigenvalue weighted by molar-refractivity contribution is -0.122. The number of rotatable bonds is 5. The molecular weight excluding hydrogens is 248 g/mol. The van der Waals surface area contributed by atoms with Crippen molar-refractivity contribution in [3.8, 4) is 0 Å². The van der Waals surface area contributed by atoms with Crippen molar-refractivity contribution in [1.29, 1.82) is 0 Å². The molecule has 1 aromatic rings. The van der Waals surface area contributed by atoms with Crippen LogP contribution in [0, 0.1) is 22.5 Å². The maximum atomic E-state index is 11.9. The number of aromatic amines is 1. The molecular formula is C12H18N4OS. The zero-order valence-electron chi connectivity index (χ0n) is 10.5. The van der Waals surface area contributed by atoms with Crippen molar-refractivity contribution in [2.24, 2.45) is 24.8 Å². The van der Waals surface area contributed by atoms with Gasteiger partial charge in [0.2, 0.25) is 5.91 Å². The van der Waals surface area contributed by atoms with Gasteiger partial charge in [-0.2, -0.15) is 5.10 Å². The summed E-state index contributed by atoms with van der Waals surface area (Å²) in [4.78, 5) is 11.9. The van der Waals surface area contributed by atoms with Crippen LogP contribution in [0.5, 0.6) is 0 Å². The summed E-state index contributed by atoms with van der Waals surface area (Å²) in [6.07, 6.45) is 4.48. The second-order valence-electron chi connectivity index (χ2n) is 5.39. The first-order valence-corrected chi connectivity index (χ1v) is 6.95. The molecule has 2 aliphatic rings. The highest BCUT2D eigenvalue weighted by molar-refractivity contribution is 7.71. The lowest BCUT2D eigenvalue weighted by Gasteiger charge is -2.04. The first kappa shape index (κ1) is 11.9. The van der Waals surface area contributed by atoms with Crippen molar-refractivity contribution in [3.05, 3.63) is 10.6 Å². The minimum atomic E-state index is 0.226. The van der Waals surface area contributed by atoms with Gasteiger partial charge in [0.1, 0.15) is 5.82 Å². The van der Waals surface area contributed by atoms with Crippen LogP contribution in [0.25, 0.3) is 0 Å². The Labute approximate surface area is 111 Å². The molecule has 2 fully saturated rings. The molecule has 6 heteroatoms. The fourth-order valence-electron chi connectivity index (χ4n) is 2.59. The molecule has 2 N–H and O–H groups in total. The van der Waals surface area contributed by atoms with Crippen molar-refractivity contribution >= 4 is 18.1 Å². The van der Waals surface area contributed by atoms with E-state index in [0.29, 0.717) is 23.2 Å². The number of hydrogen-bond donors (Lipinski definition) is 2. The fourth-order valence-corrected chi connectivity index (χ4v) is 2.74. The Kier molecular flexibility index (Phi) is 2.97. The molecule has 1 aromatic heterocycles. The van der Waals surface area contributed by atoms with Gasteiger partial charge >= 0.3 is 0 Å². The van der Waals surface area contributed by atoms with Crippen molar-refractivity contribution in [3.63, 3.8) is 0 Å². The first-order valence-electron chi connectivity index (χ1n) is 6.55. The maximum absolute atomic E-state index is 11.9. The van der Waals surface area contributed by atoms with Gasteiger partial charge in [0.25, 0.3) is 0 Å². The van der Waals surface area contributed by atoms with Crippen LogP contribution in [0.15, 0.2) is 0 Å². The lowest BCUT2D eigenvalue weighted by atomic mass is 10.2. The molecule has 5 nitrogen and oxygen atoms in total. The van der Waals surface area contributed by atoms with Crippen LogP contribution in [0.4, 0.5) is 0 Å². The number of amides is 1. The number of carbonyl (C=O) groups excluding carboxylic acids is 1. The Morgan fingerprint density at radius 2 is 2.39 bits per heavy atom. The second-order valence-corrected chi connectivity index (χ2v) is 5.78. The van der Waals surface area contributed by atoms with E-state index in [9.17, 15) is 4.79 Å². The molecule has 0 aromatic carbocycles. The minimum absolute atomic E-state index is 0.226. The Hall–Kier alpha value is -1.17. The third-order valence-electron chi connectivity index (χ3n) is 4.02. The number of nitrogens with zero attached hydrogens (tertiary/aromatic N) is 2. The number of hydrogen-bond acceptors (Lipinski definition) is 3. The van der Waals surface area contributed by atoms with Gasteiger partial charge in [-0.3, -0.25) is 9.89 Å². The van der Waals surface area contributed by atoms with E-state index in [1.165, 1.54) is 12.8 Å². The fraction of sp³-hybridized carbons (Fsp3) is 0.750. The molecule has 2 saturated carbocycles. The van der Waals surface area contributed by atoms with Gasteiger partial charge in [-0.1, -0.05) is 0 Å². The summed E-state index contributed by atoms with van der Waals surface area (Å²) in [5, 5.41) is 9.87. The van der Waals surface area contributed by atoms with E-state index in [1.807, 2.05) is 11.6 Å². The number of nitrogens with one attached hydrogen (secondary N) is 2. The third kappa shape index (κ3) is 2.34. The summed E-state index contributed by atoms with van der Waals surface area (Å²) in [7, 11) is 1.88. The van der Waals surface area contributed by atoms with Crippen LogP contribution >= 0.6 is 12.2 Å². The van der Waals surface area contributed by atoms with Crippen LogP contribution in [0.1, 0.15) is 25.1 Å². The SMILES string of the molecule is Cn1c(CCNC(=O)[C@H]2C[C@H]2C2CC2)n[nH]c1=S. The van der Waals surface area contributed by atoms with Crippen LogP contribution in [-0.4, -0.2) is 27.2 Å². The monoisotopic (exact) mass is 266 g/mol. The molecule has 2 atom stereocenters. The standard InChI is InChI=1S/C12H18N4OS/c1-16-10(14-15-12(16)18)4-5-13-11(17)9-6-8(9)7-2-3-7/h7-9H,2-6H2,1H3,(H,13,17)(H,15,18)/t8-,9-/m0/s1. The van der Waals surface area contributed by atoms with Gasteiger partial charge in [0.05, 0.1) is 0 Å². The number of aromatic nitrogens is 3. The quantitative estimate of drug-likeness (QED) is 0.787. The van der Waals surface area contributed by atoms with E-state index in [2.05, 4.69) is 15.5 Å². The van der Waals surface area contributed by atoms with Crippen LogP contribution in [-0.2, 0) is 18.3 Å².